The molecule has 1 heterocycles. The first kappa shape index (κ1) is 14.1. The number of benzene rings is 1. The second kappa shape index (κ2) is 5.75. The van der Waals surface area contributed by atoms with E-state index in [-0.39, 0.29) is 6.04 Å². The van der Waals surface area contributed by atoms with Crippen molar-refractivity contribution in [3.05, 3.63) is 45.7 Å². The van der Waals surface area contributed by atoms with Crippen LogP contribution >= 0.6 is 15.9 Å². The first-order chi connectivity index (χ1) is 9.10. The molecular formula is C14H18BrN3O. The molecule has 0 aliphatic heterocycles. The SMILES string of the molecule is CNC(c1cccc(C)c1Br)c1c(OC)cnn1C. The molecule has 0 spiro atoms. The number of aromatic nitrogens is 2. The molecule has 5 heteroatoms. The van der Waals surface area contributed by atoms with Crippen molar-refractivity contribution in [3.8, 4) is 5.75 Å². The van der Waals surface area contributed by atoms with Crippen LogP contribution in [0.2, 0.25) is 0 Å². The quantitative estimate of drug-likeness (QED) is 0.940. The average molecular weight is 324 g/mol. The van der Waals surface area contributed by atoms with E-state index in [2.05, 4.69) is 51.5 Å². The molecule has 2 aromatic rings. The van der Waals surface area contributed by atoms with Crippen LogP contribution < -0.4 is 10.1 Å². The van der Waals surface area contributed by atoms with Crippen LogP contribution in [-0.2, 0) is 7.05 Å². The van der Waals surface area contributed by atoms with Crippen LogP contribution in [0, 0.1) is 6.92 Å². The maximum absolute atomic E-state index is 5.40. The van der Waals surface area contributed by atoms with Crippen molar-refractivity contribution < 1.29 is 4.74 Å². The Kier molecular flexibility index (Phi) is 4.27. The van der Waals surface area contributed by atoms with Crippen LogP contribution in [0.3, 0.4) is 0 Å². The number of aryl methyl sites for hydroxylation is 2. The van der Waals surface area contributed by atoms with E-state index < -0.39 is 0 Å². The molecule has 1 atom stereocenters. The van der Waals surface area contributed by atoms with Crippen molar-refractivity contribution >= 4 is 15.9 Å². The van der Waals surface area contributed by atoms with E-state index in [0.29, 0.717) is 0 Å². The van der Waals surface area contributed by atoms with Crippen LogP contribution in [0.5, 0.6) is 5.75 Å². The van der Waals surface area contributed by atoms with Gasteiger partial charge in [0.1, 0.15) is 5.69 Å². The van der Waals surface area contributed by atoms with Gasteiger partial charge in [0, 0.05) is 11.5 Å². The Morgan fingerprint density at radius 2 is 2.16 bits per heavy atom. The number of ether oxygens (including phenoxy) is 1. The first-order valence-electron chi connectivity index (χ1n) is 6.08. The summed E-state index contributed by atoms with van der Waals surface area (Å²) in [6, 6.07) is 6.27. The molecule has 0 saturated carbocycles. The van der Waals surface area contributed by atoms with Crippen LogP contribution in [0.25, 0.3) is 0 Å². The maximum atomic E-state index is 5.40. The number of hydrogen-bond donors (Lipinski definition) is 1. The zero-order chi connectivity index (χ0) is 14.0. The number of hydrogen-bond acceptors (Lipinski definition) is 3. The van der Waals surface area contributed by atoms with Crippen LogP contribution in [0.1, 0.15) is 22.9 Å². The second-order valence-electron chi connectivity index (χ2n) is 4.42. The van der Waals surface area contributed by atoms with Crippen LogP contribution in [0.4, 0.5) is 0 Å². The van der Waals surface area contributed by atoms with Gasteiger partial charge in [0.25, 0.3) is 0 Å². The van der Waals surface area contributed by atoms with Crippen molar-refractivity contribution in [1.29, 1.82) is 0 Å². The third kappa shape index (κ3) is 2.53. The molecule has 4 nitrogen and oxygen atoms in total. The third-order valence-electron chi connectivity index (χ3n) is 3.26. The Morgan fingerprint density at radius 3 is 2.79 bits per heavy atom. The van der Waals surface area contributed by atoms with Gasteiger partial charge in [0.15, 0.2) is 5.75 Å². The predicted octanol–water partition coefficient (Wildman–Crippen LogP) is 2.81. The Morgan fingerprint density at radius 1 is 1.42 bits per heavy atom. The van der Waals surface area contributed by atoms with E-state index in [0.717, 1.165) is 15.9 Å². The van der Waals surface area contributed by atoms with Gasteiger partial charge in [-0.3, -0.25) is 4.68 Å². The minimum absolute atomic E-state index is 0.0247. The van der Waals surface area contributed by atoms with Crippen molar-refractivity contribution in [1.82, 2.24) is 15.1 Å². The molecule has 0 amide bonds. The normalized spacial score (nSPS) is 12.5. The molecule has 0 aliphatic carbocycles. The number of nitrogens with zero attached hydrogens (tertiary/aromatic N) is 2. The second-order valence-corrected chi connectivity index (χ2v) is 5.21. The smallest absolute Gasteiger partial charge is 0.161 e. The standard InChI is InChI=1S/C14H18BrN3O/c1-9-6-5-7-10(12(9)15)13(16-2)14-11(19-4)8-17-18(14)3/h5-8,13,16H,1-4H3. The number of nitrogens with one attached hydrogen (secondary N) is 1. The molecule has 1 unspecified atom stereocenters. The molecule has 1 aromatic heterocycles. The lowest BCUT2D eigenvalue weighted by molar-refractivity contribution is 0.402. The summed E-state index contributed by atoms with van der Waals surface area (Å²) in [4.78, 5) is 0. The molecule has 0 fully saturated rings. The Balaban J connectivity index is 2.56. The number of methoxy groups -OCH3 is 1. The van der Waals surface area contributed by atoms with Gasteiger partial charge in [-0.15, -0.1) is 0 Å². The zero-order valence-corrected chi connectivity index (χ0v) is 13.2. The molecule has 0 aliphatic rings. The Bertz CT molecular complexity index is 580. The molecule has 2 rings (SSSR count). The van der Waals surface area contributed by atoms with E-state index in [1.807, 2.05) is 18.8 Å². The van der Waals surface area contributed by atoms with Gasteiger partial charge in [0.2, 0.25) is 0 Å². The molecule has 1 N–H and O–H groups in total. The fourth-order valence-corrected chi connectivity index (χ4v) is 2.74. The highest BCUT2D eigenvalue weighted by Crippen LogP contribution is 2.34. The maximum Gasteiger partial charge on any atom is 0.161 e. The summed E-state index contributed by atoms with van der Waals surface area (Å²) in [5.41, 5.74) is 3.39. The molecule has 0 radical (unpaired) electrons. The minimum Gasteiger partial charge on any atom is -0.493 e. The topological polar surface area (TPSA) is 39.1 Å². The molecule has 19 heavy (non-hydrogen) atoms. The van der Waals surface area contributed by atoms with Gasteiger partial charge in [0.05, 0.1) is 19.3 Å². The van der Waals surface area contributed by atoms with E-state index in [1.165, 1.54) is 11.1 Å². The number of rotatable bonds is 4. The lowest BCUT2D eigenvalue weighted by atomic mass is 10.0. The highest BCUT2D eigenvalue weighted by atomic mass is 79.9. The summed E-state index contributed by atoms with van der Waals surface area (Å²) >= 11 is 3.67. The van der Waals surface area contributed by atoms with E-state index >= 15 is 0 Å². The summed E-state index contributed by atoms with van der Waals surface area (Å²) in [6.07, 6.45) is 1.74. The van der Waals surface area contributed by atoms with Gasteiger partial charge in [-0.25, -0.2) is 0 Å². The third-order valence-corrected chi connectivity index (χ3v) is 4.35. The number of halogens is 1. The molecule has 1 aromatic carbocycles. The lowest BCUT2D eigenvalue weighted by Crippen LogP contribution is -2.22. The highest BCUT2D eigenvalue weighted by Gasteiger charge is 2.23. The zero-order valence-electron chi connectivity index (χ0n) is 11.6. The molecule has 102 valence electrons. The lowest BCUT2D eigenvalue weighted by Gasteiger charge is -2.20. The van der Waals surface area contributed by atoms with Gasteiger partial charge in [-0.2, -0.15) is 5.10 Å². The van der Waals surface area contributed by atoms with Crippen molar-refractivity contribution in [2.45, 2.75) is 13.0 Å². The highest BCUT2D eigenvalue weighted by molar-refractivity contribution is 9.10. The van der Waals surface area contributed by atoms with Gasteiger partial charge in [-0.1, -0.05) is 34.1 Å². The largest absolute Gasteiger partial charge is 0.493 e. The minimum atomic E-state index is 0.0247. The Labute approximate surface area is 121 Å². The molecule has 0 bridgehead atoms. The van der Waals surface area contributed by atoms with Crippen molar-refractivity contribution in [2.24, 2.45) is 7.05 Å². The predicted molar refractivity (Wildman–Crippen MR) is 79.5 cm³/mol. The van der Waals surface area contributed by atoms with Gasteiger partial charge >= 0.3 is 0 Å². The van der Waals surface area contributed by atoms with Crippen molar-refractivity contribution in [3.63, 3.8) is 0 Å². The van der Waals surface area contributed by atoms with E-state index in [4.69, 9.17) is 4.74 Å². The van der Waals surface area contributed by atoms with Gasteiger partial charge < -0.3 is 10.1 Å². The summed E-state index contributed by atoms with van der Waals surface area (Å²) in [6.45, 7) is 2.08. The van der Waals surface area contributed by atoms with Gasteiger partial charge in [-0.05, 0) is 25.1 Å². The fraction of sp³-hybridized carbons (Fsp3) is 0.357. The molecular weight excluding hydrogens is 306 g/mol. The summed E-state index contributed by atoms with van der Waals surface area (Å²) in [5.74, 6) is 0.787. The van der Waals surface area contributed by atoms with Crippen molar-refractivity contribution in [2.75, 3.05) is 14.2 Å². The Hall–Kier alpha value is -1.33. The van der Waals surface area contributed by atoms with E-state index in [9.17, 15) is 0 Å². The summed E-state index contributed by atoms with van der Waals surface area (Å²) < 4.78 is 8.35. The first-order valence-corrected chi connectivity index (χ1v) is 6.87. The summed E-state index contributed by atoms with van der Waals surface area (Å²) in [5, 5.41) is 7.60. The van der Waals surface area contributed by atoms with Crippen LogP contribution in [-0.4, -0.2) is 23.9 Å². The summed E-state index contributed by atoms with van der Waals surface area (Å²) in [7, 11) is 5.52. The van der Waals surface area contributed by atoms with Crippen LogP contribution in [0.15, 0.2) is 28.9 Å². The average Bonchev–Trinajstić information content (AvgIpc) is 2.77. The monoisotopic (exact) mass is 323 g/mol. The molecule has 0 saturated heterocycles. The van der Waals surface area contributed by atoms with E-state index in [1.54, 1.807) is 13.3 Å². The fourth-order valence-electron chi connectivity index (χ4n) is 2.25.